The van der Waals surface area contributed by atoms with Crippen molar-refractivity contribution in [2.45, 2.75) is 18.9 Å². The van der Waals surface area contributed by atoms with Gasteiger partial charge in [0.25, 0.3) is 17.5 Å². The molecule has 10 nitrogen and oxygen atoms in total. The van der Waals surface area contributed by atoms with Crippen molar-refractivity contribution in [2.24, 2.45) is 0 Å². The Hall–Kier alpha value is -3.95. The van der Waals surface area contributed by atoms with Crippen LogP contribution in [0.4, 0.5) is 17.1 Å². The monoisotopic (exact) mass is 412 g/mol. The average molecular weight is 412 g/mol. The summed E-state index contributed by atoms with van der Waals surface area (Å²) >= 11 is 0. The van der Waals surface area contributed by atoms with Gasteiger partial charge in [-0.3, -0.25) is 19.7 Å². The van der Waals surface area contributed by atoms with Crippen molar-refractivity contribution in [2.75, 3.05) is 24.3 Å². The lowest BCUT2D eigenvalue weighted by Crippen LogP contribution is -2.28. The summed E-state index contributed by atoms with van der Waals surface area (Å²) in [7, 11) is 1.52. The van der Waals surface area contributed by atoms with E-state index in [1.807, 2.05) is 0 Å². The third-order valence-electron chi connectivity index (χ3n) is 4.39. The maximum absolute atomic E-state index is 12.3. The van der Waals surface area contributed by atoms with E-state index in [0.717, 1.165) is 18.9 Å². The summed E-state index contributed by atoms with van der Waals surface area (Å²) in [5, 5.41) is 19.1. The summed E-state index contributed by atoms with van der Waals surface area (Å²) in [5.74, 6) is -1.81. The molecule has 2 aromatic carbocycles. The summed E-state index contributed by atoms with van der Waals surface area (Å²) in [6.07, 6.45) is 1.87. The van der Waals surface area contributed by atoms with E-state index in [0.29, 0.717) is 11.3 Å². The Balaban J connectivity index is 1.61. The molecule has 1 aliphatic rings. The first-order valence-electron chi connectivity index (χ1n) is 9.22. The number of anilines is 2. The third-order valence-corrected chi connectivity index (χ3v) is 4.39. The van der Waals surface area contributed by atoms with Crippen molar-refractivity contribution in [1.29, 1.82) is 0 Å². The van der Waals surface area contributed by atoms with Gasteiger partial charge >= 0.3 is 5.97 Å². The van der Waals surface area contributed by atoms with Crippen molar-refractivity contribution in [3.63, 3.8) is 0 Å². The van der Waals surface area contributed by atoms with Gasteiger partial charge < -0.3 is 20.7 Å². The van der Waals surface area contributed by atoms with E-state index in [2.05, 4.69) is 16.0 Å². The van der Waals surface area contributed by atoms with Crippen LogP contribution in [0.5, 0.6) is 0 Å². The van der Waals surface area contributed by atoms with E-state index in [-0.39, 0.29) is 28.9 Å². The highest BCUT2D eigenvalue weighted by Crippen LogP contribution is 2.25. The number of nitrogens with zero attached hydrogens (tertiary/aromatic N) is 1. The molecule has 156 valence electrons. The van der Waals surface area contributed by atoms with Crippen LogP contribution in [0.3, 0.4) is 0 Å². The molecule has 2 amide bonds. The molecule has 1 fully saturated rings. The molecule has 0 radical (unpaired) electrons. The lowest BCUT2D eigenvalue weighted by molar-refractivity contribution is -0.384. The number of nitro benzene ring substituents is 1. The fourth-order valence-electron chi connectivity index (χ4n) is 2.70. The maximum Gasteiger partial charge on any atom is 0.338 e. The first-order chi connectivity index (χ1) is 14.4. The quantitative estimate of drug-likeness (QED) is 0.343. The van der Waals surface area contributed by atoms with E-state index >= 15 is 0 Å². The van der Waals surface area contributed by atoms with Crippen LogP contribution in [0.15, 0.2) is 42.5 Å². The maximum atomic E-state index is 12.3. The average Bonchev–Trinajstić information content (AvgIpc) is 3.55. The lowest BCUT2D eigenvalue weighted by Gasteiger charge is -2.11. The molecule has 3 rings (SSSR count). The largest absolute Gasteiger partial charge is 0.452 e. The van der Waals surface area contributed by atoms with Crippen LogP contribution in [0.2, 0.25) is 0 Å². The number of nitrogens with one attached hydrogen (secondary N) is 3. The van der Waals surface area contributed by atoms with Gasteiger partial charge in [0.2, 0.25) is 0 Å². The standard InChI is InChI=1S/C20H20N4O6/c1-21-16-9-6-12(10-17(16)24(28)29)20(27)30-11-18(25)23-15-5-3-2-4-14(15)19(26)22-13-7-8-13/h2-6,9-10,13,21H,7-8,11H2,1H3,(H,22,26)(H,23,25). The Morgan fingerprint density at radius 3 is 2.53 bits per heavy atom. The SMILES string of the molecule is CNc1ccc(C(=O)OCC(=O)Nc2ccccc2C(=O)NC2CC2)cc1[N+](=O)[O-]. The number of carbonyl (C=O) groups excluding carboxylic acids is 3. The Kier molecular flexibility index (Phi) is 6.26. The van der Waals surface area contributed by atoms with Gasteiger partial charge in [-0.15, -0.1) is 0 Å². The molecule has 0 heterocycles. The molecular weight excluding hydrogens is 392 g/mol. The number of amides is 2. The topological polar surface area (TPSA) is 140 Å². The minimum atomic E-state index is -0.879. The summed E-state index contributed by atoms with van der Waals surface area (Å²) in [5.41, 5.74) is 0.508. The van der Waals surface area contributed by atoms with Gasteiger partial charge in [0, 0.05) is 19.2 Å². The predicted molar refractivity (Wildman–Crippen MR) is 108 cm³/mol. The number of carbonyl (C=O) groups is 3. The lowest BCUT2D eigenvalue weighted by atomic mass is 10.1. The third kappa shape index (κ3) is 5.10. The molecule has 0 aromatic heterocycles. The van der Waals surface area contributed by atoms with Crippen LogP contribution in [-0.2, 0) is 9.53 Å². The second-order valence-corrected chi connectivity index (χ2v) is 6.66. The molecule has 2 aromatic rings. The van der Waals surface area contributed by atoms with Crippen LogP contribution in [0, 0.1) is 10.1 Å². The Bertz CT molecular complexity index is 1000. The summed E-state index contributed by atoms with van der Waals surface area (Å²) in [6.45, 7) is -0.612. The fourth-order valence-corrected chi connectivity index (χ4v) is 2.70. The summed E-state index contributed by atoms with van der Waals surface area (Å²) in [6, 6.07) is 10.5. The van der Waals surface area contributed by atoms with Gasteiger partial charge in [0.1, 0.15) is 5.69 Å². The van der Waals surface area contributed by atoms with Gasteiger partial charge in [0.15, 0.2) is 6.61 Å². The molecule has 3 N–H and O–H groups in total. The first kappa shape index (κ1) is 20.8. The number of ether oxygens (including phenoxy) is 1. The van der Waals surface area contributed by atoms with Crippen molar-refractivity contribution >= 4 is 34.8 Å². The number of rotatable bonds is 8. The molecule has 30 heavy (non-hydrogen) atoms. The number of para-hydroxylation sites is 1. The van der Waals surface area contributed by atoms with Gasteiger partial charge in [-0.2, -0.15) is 0 Å². The van der Waals surface area contributed by atoms with Crippen LogP contribution >= 0.6 is 0 Å². The first-order valence-corrected chi connectivity index (χ1v) is 9.22. The minimum absolute atomic E-state index is 0.0577. The zero-order valence-corrected chi connectivity index (χ0v) is 16.1. The molecule has 0 spiro atoms. The summed E-state index contributed by atoms with van der Waals surface area (Å²) < 4.78 is 4.95. The molecule has 1 saturated carbocycles. The predicted octanol–water partition coefficient (Wildman–Crippen LogP) is 2.32. The second kappa shape index (κ2) is 9.03. The molecule has 0 bridgehead atoms. The highest BCUT2D eigenvalue weighted by molar-refractivity contribution is 6.04. The molecule has 1 aliphatic carbocycles. The Labute approximate surface area is 171 Å². The van der Waals surface area contributed by atoms with Crippen LogP contribution < -0.4 is 16.0 Å². The van der Waals surface area contributed by atoms with Gasteiger partial charge in [-0.05, 0) is 37.1 Å². The van der Waals surface area contributed by atoms with E-state index in [9.17, 15) is 24.5 Å². The van der Waals surface area contributed by atoms with Crippen LogP contribution in [-0.4, -0.2) is 42.4 Å². The smallest absolute Gasteiger partial charge is 0.338 e. The highest BCUT2D eigenvalue weighted by Gasteiger charge is 2.25. The van der Waals surface area contributed by atoms with Crippen molar-refractivity contribution in [3.8, 4) is 0 Å². The molecule has 0 atom stereocenters. The zero-order valence-electron chi connectivity index (χ0n) is 16.1. The van der Waals surface area contributed by atoms with E-state index < -0.39 is 23.4 Å². The van der Waals surface area contributed by atoms with Gasteiger partial charge in [0.05, 0.1) is 21.7 Å². The zero-order chi connectivity index (χ0) is 21.7. The fraction of sp³-hybridized carbons (Fsp3) is 0.250. The molecular formula is C20H20N4O6. The van der Waals surface area contributed by atoms with E-state index in [1.165, 1.54) is 19.2 Å². The van der Waals surface area contributed by atoms with Crippen molar-refractivity contribution < 1.29 is 24.0 Å². The highest BCUT2D eigenvalue weighted by atomic mass is 16.6. The molecule has 0 saturated heterocycles. The molecule has 0 aliphatic heterocycles. The Morgan fingerprint density at radius 2 is 1.87 bits per heavy atom. The second-order valence-electron chi connectivity index (χ2n) is 6.66. The van der Waals surface area contributed by atoms with E-state index in [1.54, 1.807) is 24.3 Å². The van der Waals surface area contributed by atoms with E-state index in [4.69, 9.17) is 4.74 Å². The van der Waals surface area contributed by atoms with Crippen LogP contribution in [0.25, 0.3) is 0 Å². The van der Waals surface area contributed by atoms with Gasteiger partial charge in [-0.1, -0.05) is 12.1 Å². The number of benzene rings is 2. The van der Waals surface area contributed by atoms with Crippen molar-refractivity contribution in [3.05, 3.63) is 63.7 Å². The minimum Gasteiger partial charge on any atom is -0.452 e. The molecule has 0 unspecified atom stereocenters. The van der Waals surface area contributed by atoms with Crippen molar-refractivity contribution in [1.82, 2.24) is 5.32 Å². The number of nitro groups is 1. The normalized spacial score (nSPS) is 12.6. The Morgan fingerprint density at radius 1 is 1.13 bits per heavy atom. The number of esters is 1. The van der Waals surface area contributed by atoms with Crippen LogP contribution in [0.1, 0.15) is 33.6 Å². The number of hydrogen-bond acceptors (Lipinski definition) is 7. The van der Waals surface area contributed by atoms with Gasteiger partial charge in [-0.25, -0.2) is 4.79 Å². The summed E-state index contributed by atoms with van der Waals surface area (Å²) in [4.78, 5) is 47.1. The molecule has 10 heteroatoms. The number of hydrogen-bond donors (Lipinski definition) is 3.